The summed E-state index contributed by atoms with van der Waals surface area (Å²) in [6, 6.07) is 7.16. The van der Waals surface area contributed by atoms with E-state index in [9.17, 15) is 13.2 Å². The van der Waals surface area contributed by atoms with E-state index in [1.54, 1.807) is 17.0 Å². The Morgan fingerprint density at radius 3 is 2.38 bits per heavy atom. The Balaban J connectivity index is 1.47. The SMILES string of the molecule is C=C1COc2c(F)cc(-c3nc(Nc4ccc(N5CCC(N(C)C)CC5)c(F)c4)ncc3C(F)(F)F)cc2N1C(C)C. The number of fused-ring (bicyclic) bond motifs is 1. The molecule has 0 amide bonds. The maximum atomic E-state index is 15.2. The lowest BCUT2D eigenvalue weighted by Crippen LogP contribution is -2.42. The van der Waals surface area contributed by atoms with Crippen LogP contribution in [0.15, 0.2) is 48.8 Å². The van der Waals surface area contributed by atoms with Gasteiger partial charge in [-0.3, -0.25) is 0 Å². The zero-order valence-electron chi connectivity index (χ0n) is 23.9. The normalized spacial score (nSPS) is 16.2. The van der Waals surface area contributed by atoms with Gasteiger partial charge in [-0.2, -0.15) is 13.2 Å². The highest BCUT2D eigenvalue weighted by atomic mass is 19.4. The van der Waals surface area contributed by atoms with Crippen molar-refractivity contribution in [3.8, 4) is 17.0 Å². The van der Waals surface area contributed by atoms with Crippen molar-refractivity contribution in [3.63, 3.8) is 0 Å². The second kappa shape index (κ2) is 11.4. The fraction of sp³-hybridized carbons (Fsp3) is 0.400. The third kappa shape index (κ3) is 5.85. The number of hydrogen-bond donors (Lipinski definition) is 1. The zero-order valence-corrected chi connectivity index (χ0v) is 23.9. The van der Waals surface area contributed by atoms with Crippen LogP contribution in [0.25, 0.3) is 11.3 Å². The van der Waals surface area contributed by atoms with Crippen molar-refractivity contribution in [2.24, 2.45) is 0 Å². The number of alkyl halides is 3. The average Bonchev–Trinajstić information content (AvgIpc) is 2.92. The summed E-state index contributed by atoms with van der Waals surface area (Å²) in [4.78, 5) is 13.8. The lowest BCUT2D eigenvalue weighted by atomic mass is 10.0. The summed E-state index contributed by atoms with van der Waals surface area (Å²) in [6.07, 6.45) is -2.36. The van der Waals surface area contributed by atoms with Crippen molar-refractivity contribution in [3.05, 3.63) is 66.0 Å². The standard InChI is InChI=1S/C30H33F5N6O/c1-17(2)41-18(3)16-42-28-24(32)12-19(13-26(28)41)27-22(30(33,34)35)15-36-29(38-27)37-20-6-7-25(23(31)14-20)40-10-8-21(9-11-40)39(4)5/h6-7,12-15,17,21H,3,8-11,16H2,1-2,4-5H3,(H,36,37,38). The van der Waals surface area contributed by atoms with Crippen LogP contribution < -0.4 is 19.9 Å². The summed E-state index contributed by atoms with van der Waals surface area (Å²) in [5, 5.41) is 2.80. The number of rotatable bonds is 6. The minimum atomic E-state index is -4.81. The molecule has 0 bridgehead atoms. The molecule has 3 aromatic rings. The van der Waals surface area contributed by atoms with E-state index in [0.717, 1.165) is 18.9 Å². The Kier molecular flexibility index (Phi) is 8.02. The molecule has 224 valence electrons. The van der Waals surface area contributed by atoms with Gasteiger partial charge in [-0.15, -0.1) is 0 Å². The molecule has 1 N–H and O–H groups in total. The molecule has 2 aliphatic rings. The van der Waals surface area contributed by atoms with Crippen LogP contribution in [0, 0.1) is 11.6 Å². The van der Waals surface area contributed by atoms with E-state index in [0.29, 0.717) is 36.7 Å². The van der Waals surface area contributed by atoms with Gasteiger partial charge in [0.05, 0.1) is 17.1 Å². The molecule has 0 unspecified atom stereocenters. The van der Waals surface area contributed by atoms with Gasteiger partial charge < -0.3 is 24.8 Å². The molecule has 2 aromatic carbocycles. The van der Waals surface area contributed by atoms with Gasteiger partial charge >= 0.3 is 6.18 Å². The molecule has 5 rings (SSSR count). The summed E-state index contributed by atoms with van der Waals surface area (Å²) in [5.41, 5.74) is -0.264. The number of nitrogens with zero attached hydrogens (tertiary/aromatic N) is 5. The topological polar surface area (TPSA) is 56.8 Å². The van der Waals surface area contributed by atoms with Gasteiger partial charge in [0, 0.05) is 48.3 Å². The van der Waals surface area contributed by atoms with Crippen LogP contribution in [0.3, 0.4) is 0 Å². The molecule has 0 atom stereocenters. The van der Waals surface area contributed by atoms with Crippen LogP contribution >= 0.6 is 0 Å². The number of piperidine rings is 1. The number of ether oxygens (including phenoxy) is 1. The highest BCUT2D eigenvalue weighted by Gasteiger charge is 2.37. The largest absolute Gasteiger partial charge is 0.482 e. The lowest BCUT2D eigenvalue weighted by molar-refractivity contribution is -0.137. The maximum Gasteiger partial charge on any atom is 0.419 e. The van der Waals surface area contributed by atoms with Crippen LogP contribution in [-0.4, -0.2) is 60.7 Å². The first kappa shape index (κ1) is 29.6. The molecular formula is C30H33F5N6O. The summed E-state index contributed by atoms with van der Waals surface area (Å²) in [7, 11) is 4.06. The highest BCUT2D eigenvalue weighted by Crippen LogP contribution is 2.44. The average molecular weight is 589 g/mol. The molecule has 3 heterocycles. The van der Waals surface area contributed by atoms with Gasteiger partial charge in [-0.05, 0) is 71.1 Å². The molecule has 42 heavy (non-hydrogen) atoms. The van der Waals surface area contributed by atoms with E-state index in [2.05, 4.69) is 26.8 Å². The first-order valence-corrected chi connectivity index (χ1v) is 13.7. The Hall–Kier alpha value is -3.93. The molecular weight excluding hydrogens is 555 g/mol. The Bertz CT molecular complexity index is 1480. The van der Waals surface area contributed by atoms with Crippen molar-refractivity contribution < 1.29 is 26.7 Å². The number of halogens is 5. The summed E-state index contributed by atoms with van der Waals surface area (Å²) >= 11 is 0. The lowest BCUT2D eigenvalue weighted by Gasteiger charge is -2.36. The molecule has 0 aliphatic carbocycles. The number of nitrogens with one attached hydrogen (secondary N) is 1. The van der Waals surface area contributed by atoms with Crippen molar-refractivity contribution in [1.29, 1.82) is 0 Å². The molecule has 0 radical (unpaired) electrons. The van der Waals surface area contributed by atoms with E-state index in [-0.39, 0.29) is 41.3 Å². The number of aromatic nitrogens is 2. The monoisotopic (exact) mass is 588 g/mol. The third-order valence-corrected chi connectivity index (χ3v) is 7.63. The molecule has 1 saturated heterocycles. The van der Waals surface area contributed by atoms with E-state index in [1.807, 2.05) is 32.8 Å². The summed E-state index contributed by atoms with van der Waals surface area (Å²) in [6.45, 7) is 9.13. The summed E-state index contributed by atoms with van der Waals surface area (Å²) in [5.74, 6) is -1.56. The van der Waals surface area contributed by atoms with Crippen molar-refractivity contribution >= 4 is 23.0 Å². The zero-order chi connectivity index (χ0) is 30.3. The van der Waals surface area contributed by atoms with Gasteiger partial charge in [0.25, 0.3) is 0 Å². The van der Waals surface area contributed by atoms with Gasteiger partial charge in [0.15, 0.2) is 11.6 Å². The summed E-state index contributed by atoms with van der Waals surface area (Å²) < 4.78 is 78.0. The fourth-order valence-electron chi connectivity index (χ4n) is 5.54. The second-order valence-electron chi connectivity index (χ2n) is 11.1. The molecule has 1 aromatic heterocycles. The molecule has 2 aliphatic heterocycles. The second-order valence-corrected chi connectivity index (χ2v) is 11.1. The van der Waals surface area contributed by atoms with Crippen LogP contribution in [-0.2, 0) is 6.18 Å². The minimum Gasteiger partial charge on any atom is -0.482 e. The predicted octanol–water partition coefficient (Wildman–Crippen LogP) is 6.84. The Morgan fingerprint density at radius 2 is 1.76 bits per heavy atom. The van der Waals surface area contributed by atoms with Crippen molar-refractivity contribution in [2.45, 2.75) is 44.9 Å². The maximum absolute atomic E-state index is 15.2. The van der Waals surface area contributed by atoms with E-state index in [4.69, 9.17) is 4.74 Å². The number of benzene rings is 2. The molecule has 7 nitrogen and oxygen atoms in total. The van der Waals surface area contributed by atoms with Crippen molar-refractivity contribution in [1.82, 2.24) is 14.9 Å². The highest BCUT2D eigenvalue weighted by molar-refractivity contribution is 5.76. The predicted molar refractivity (Wildman–Crippen MR) is 153 cm³/mol. The first-order valence-electron chi connectivity index (χ1n) is 13.7. The molecule has 1 fully saturated rings. The molecule has 12 heteroatoms. The van der Waals surface area contributed by atoms with Crippen LogP contribution in [0.1, 0.15) is 32.3 Å². The van der Waals surface area contributed by atoms with Crippen molar-refractivity contribution in [2.75, 3.05) is 48.9 Å². The minimum absolute atomic E-state index is 0.0561. The van der Waals surface area contributed by atoms with Crippen LogP contribution in [0.5, 0.6) is 5.75 Å². The quantitative estimate of drug-likeness (QED) is 0.317. The van der Waals surface area contributed by atoms with E-state index >= 15 is 8.78 Å². The number of anilines is 4. The first-order chi connectivity index (χ1) is 19.8. The smallest absolute Gasteiger partial charge is 0.419 e. The Labute approximate surface area is 241 Å². The van der Waals surface area contributed by atoms with Crippen LogP contribution in [0.4, 0.5) is 45.0 Å². The Morgan fingerprint density at radius 1 is 1.05 bits per heavy atom. The van der Waals surface area contributed by atoms with Gasteiger partial charge in [-0.1, -0.05) is 6.58 Å². The number of hydrogen-bond acceptors (Lipinski definition) is 7. The van der Waals surface area contributed by atoms with Crippen LogP contribution in [0.2, 0.25) is 0 Å². The third-order valence-electron chi connectivity index (χ3n) is 7.63. The van der Waals surface area contributed by atoms with E-state index in [1.165, 1.54) is 12.1 Å². The van der Waals surface area contributed by atoms with Gasteiger partial charge in [0.2, 0.25) is 5.95 Å². The van der Waals surface area contributed by atoms with E-state index < -0.39 is 29.1 Å². The van der Waals surface area contributed by atoms with Gasteiger partial charge in [-0.25, -0.2) is 18.7 Å². The fourth-order valence-corrected chi connectivity index (χ4v) is 5.54. The molecule has 0 saturated carbocycles. The molecule has 0 spiro atoms. The van der Waals surface area contributed by atoms with Gasteiger partial charge in [0.1, 0.15) is 18.0 Å².